The third-order valence-corrected chi connectivity index (χ3v) is 4.25. The van der Waals surface area contributed by atoms with E-state index in [1.807, 2.05) is 11.4 Å². The summed E-state index contributed by atoms with van der Waals surface area (Å²) in [6, 6.07) is 1.97. The molecule has 1 aliphatic heterocycles. The quantitative estimate of drug-likeness (QED) is 0.928. The molecule has 0 aromatic carbocycles. The van der Waals surface area contributed by atoms with Crippen LogP contribution in [0, 0.1) is 0 Å². The van der Waals surface area contributed by atoms with Crippen molar-refractivity contribution >= 4 is 27.4 Å². The Kier molecular flexibility index (Phi) is 3.63. The molecule has 2 aromatic heterocycles. The molecule has 0 radical (unpaired) electrons. The molecule has 0 spiro atoms. The van der Waals surface area contributed by atoms with Crippen molar-refractivity contribution in [2.75, 3.05) is 25.4 Å². The van der Waals surface area contributed by atoms with Crippen molar-refractivity contribution in [3.05, 3.63) is 17.3 Å². The Balaban J connectivity index is 1.77. The number of aromatic nitrogens is 2. The SMILES string of the molecule is CCC1CN(Cc2nc(N)c3ccsc3n2)CCO1. The first kappa shape index (κ1) is 12.8. The van der Waals surface area contributed by atoms with Crippen LogP contribution in [0.2, 0.25) is 0 Å². The first-order valence-corrected chi connectivity index (χ1v) is 7.47. The summed E-state index contributed by atoms with van der Waals surface area (Å²) in [4.78, 5) is 12.3. The summed E-state index contributed by atoms with van der Waals surface area (Å²) < 4.78 is 5.67. The third kappa shape index (κ3) is 2.70. The fourth-order valence-electron chi connectivity index (χ4n) is 2.37. The summed E-state index contributed by atoms with van der Waals surface area (Å²) in [7, 11) is 0. The summed E-state index contributed by atoms with van der Waals surface area (Å²) in [5.74, 6) is 1.39. The van der Waals surface area contributed by atoms with Crippen LogP contribution in [-0.4, -0.2) is 40.7 Å². The van der Waals surface area contributed by atoms with Crippen molar-refractivity contribution in [1.29, 1.82) is 0 Å². The molecular formula is C13H18N4OS. The van der Waals surface area contributed by atoms with Gasteiger partial charge in [-0.25, -0.2) is 9.97 Å². The highest BCUT2D eigenvalue weighted by molar-refractivity contribution is 7.16. The molecule has 0 bridgehead atoms. The number of anilines is 1. The molecule has 0 aliphatic carbocycles. The molecule has 1 aliphatic rings. The van der Waals surface area contributed by atoms with E-state index in [9.17, 15) is 0 Å². The van der Waals surface area contributed by atoms with E-state index in [-0.39, 0.29) is 0 Å². The van der Waals surface area contributed by atoms with Crippen LogP contribution in [0.15, 0.2) is 11.4 Å². The molecule has 0 saturated carbocycles. The van der Waals surface area contributed by atoms with E-state index in [4.69, 9.17) is 10.5 Å². The summed E-state index contributed by atoms with van der Waals surface area (Å²) >= 11 is 1.61. The number of ether oxygens (including phenoxy) is 1. The molecule has 2 aromatic rings. The van der Waals surface area contributed by atoms with Crippen molar-refractivity contribution in [3.8, 4) is 0 Å². The van der Waals surface area contributed by atoms with Crippen LogP contribution in [0.3, 0.4) is 0 Å². The monoisotopic (exact) mass is 278 g/mol. The Morgan fingerprint density at radius 1 is 1.53 bits per heavy atom. The number of hydrogen-bond donors (Lipinski definition) is 1. The van der Waals surface area contributed by atoms with Crippen LogP contribution in [0.4, 0.5) is 5.82 Å². The largest absolute Gasteiger partial charge is 0.383 e. The van der Waals surface area contributed by atoms with E-state index in [0.717, 1.165) is 48.7 Å². The van der Waals surface area contributed by atoms with Gasteiger partial charge in [-0.1, -0.05) is 6.92 Å². The second-order valence-corrected chi connectivity index (χ2v) is 5.70. The number of morpholine rings is 1. The summed E-state index contributed by atoms with van der Waals surface area (Å²) in [5, 5.41) is 2.96. The molecule has 6 heteroatoms. The molecule has 5 nitrogen and oxygen atoms in total. The van der Waals surface area contributed by atoms with Gasteiger partial charge in [0.2, 0.25) is 0 Å². The predicted molar refractivity (Wildman–Crippen MR) is 77.1 cm³/mol. The molecule has 2 N–H and O–H groups in total. The van der Waals surface area contributed by atoms with Gasteiger partial charge in [-0.05, 0) is 17.9 Å². The zero-order valence-corrected chi connectivity index (χ0v) is 11.8. The van der Waals surface area contributed by atoms with Gasteiger partial charge in [0.15, 0.2) is 0 Å². The zero-order chi connectivity index (χ0) is 13.2. The molecule has 0 amide bonds. The van der Waals surface area contributed by atoms with Crippen molar-refractivity contribution in [2.24, 2.45) is 0 Å². The predicted octanol–water partition coefficient (Wildman–Crippen LogP) is 1.88. The lowest BCUT2D eigenvalue weighted by Crippen LogP contribution is -2.41. The molecule has 3 heterocycles. The fourth-order valence-corrected chi connectivity index (χ4v) is 3.16. The van der Waals surface area contributed by atoms with E-state index >= 15 is 0 Å². The summed E-state index contributed by atoms with van der Waals surface area (Å²) in [6.45, 7) is 5.57. The van der Waals surface area contributed by atoms with Crippen LogP contribution in [0.25, 0.3) is 10.2 Å². The molecule has 19 heavy (non-hydrogen) atoms. The van der Waals surface area contributed by atoms with Gasteiger partial charge in [-0.15, -0.1) is 11.3 Å². The second kappa shape index (κ2) is 5.40. The first-order chi connectivity index (χ1) is 9.26. The van der Waals surface area contributed by atoms with Gasteiger partial charge < -0.3 is 10.5 Å². The van der Waals surface area contributed by atoms with Crippen LogP contribution in [0.1, 0.15) is 19.2 Å². The third-order valence-electron chi connectivity index (χ3n) is 3.44. The van der Waals surface area contributed by atoms with Crippen LogP contribution in [0.5, 0.6) is 0 Å². The van der Waals surface area contributed by atoms with Crippen LogP contribution < -0.4 is 5.73 Å². The number of thiophene rings is 1. The Labute approximate surface area is 116 Å². The van der Waals surface area contributed by atoms with E-state index in [2.05, 4.69) is 21.8 Å². The maximum absolute atomic E-state index is 5.97. The topological polar surface area (TPSA) is 64.3 Å². The number of nitrogens with two attached hydrogens (primary N) is 1. The Morgan fingerprint density at radius 2 is 2.42 bits per heavy atom. The lowest BCUT2D eigenvalue weighted by Gasteiger charge is -2.31. The van der Waals surface area contributed by atoms with Crippen molar-refractivity contribution in [1.82, 2.24) is 14.9 Å². The molecule has 1 saturated heterocycles. The molecule has 1 unspecified atom stereocenters. The van der Waals surface area contributed by atoms with E-state index < -0.39 is 0 Å². The Morgan fingerprint density at radius 3 is 3.26 bits per heavy atom. The minimum Gasteiger partial charge on any atom is -0.383 e. The van der Waals surface area contributed by atoms with Gasteiger partial charge in [-0.2, -0.15) is 0 Å². The minimum atomic E-state index is 0.330. The van der Waals surface area contributed by atoms with Crippen molar-refractivity contribution in [2.45, 2.75) is 26.0 Å². The maximum Gasteiger partial charge on any atom is 0.146 e. The van der Waals surface area contributed by atoms with Gasteiger partial charge in [-0.3, -0.25) is 4.90 Å². The molecule has 1 atom stereocenters. The van der Waals surface area contributed by atoms with Gasteiger partial charge in [0.1, 0.15) is 16.5 Å². The molecular weight excluding hydrogens is 260 g/mol. The average molecular weight is 278 g/mol. The van der Waals surface area contributed by atoms with Crippen molar-refractivity contribution in [3.63, 3.8) is 0 Å². The highest BCUT2D eigenvalue weighted by Gasteiger charge is 2.20. The van der Waals surface area contributed by atoms with Gasteiger partial charge in [0, 0.05) is 13.1 Å². The lowest BCUT2D eigenvalue weighted by molar-refractivity contribution is -0.0331. The van der Waals surface area contributed by atoms with E-state index in [1.165, 1.54) is 0 Å². The summed E-state index contributed by atoms with van der Waals surface area (Å²) in [5.41, 5.74) is 5.97. The number of hydrogen-bond acceptors (Lipinski definition) is 6. The second-order valence-electron chi connectivity index (χ2n) is 4.80. The van der Waals surface area contributed by atoms with Gasteiger partial charge in [0.05, 0.1) is 24.6 Å². The minimum absolute atomic E-state index is 0.330. The van der Waals surface area contributed by atoms with E-state index in [0.29, 0.717) is 11.9 Å². The van der Waals surface area contributed by atoms with Crippen LogP contribution >= 0.6 is 11.3 Å². The number of rotatable bonds is 3. The average Bonchev–Trinajstić information content (AvgIpc) is 2.88. The standard InChI is InChI=1S/C13H18N4OS/c1-2-9-7-17(4-5-18-9)8-11-15-12(14)10-3-6-19-13(10)16-11/h3,6,9H,2,4-5,7-8H2,1H3,(H2,14,15,16). The Hall–Kier alpha value is -1.24. The van der Waals surface area contributed by atoms with Gasteiger partial charge >= 0.3 is 0 Å². The molecule has 3 rings (SSSR count). The van der Waals surface area contributed by atoms with Crippen molar-refractivity contribution < 1.29 is 4.74 Å². The molecule has 1 fully saturated rings. The Bertz CT molecular complexity index is 571. The fraction of sp³-hybridized carbons (Fsp3) is 0.538. The lowest BCUT2D eigenvalue weighted by atomic mass is 10.2. The first-order valence-electron chi connectivity index (χ1n) is 6.60. The highest BCUT2D eigenvalue weighted by Crippen LogP contribution is 2.23. The smallest absolute Gasteiger partial charge is 0.146 e. The molecule has 102 valence electrons. The summed E-state index contributed by atoms with van der Waals surface area (Å²) in [6.07, 6.45) is 1.38. The zero-order valence-electron chi connectivity index (χ0n) is 11.0. The highest BCUT2D eigenvalue weighted by atomic mass is 32.1. The normalized spacial score (nSPS) is 21.0. The number of nitrogen functional groups attached to an aromatic ring is 1. The van der Waals surface area contributed by atoms with E-state index in [1.54, 1.807) is 11.3 Å². The maximum atomic E-state index is 5.97. The number of nitrogens with zero attached hydrogens (tertiary/aromatic N) is 3. The number of fused-ring (bicyclic) bond motifs is 1. The van der Waals surface area contributed by atoms with Gasteiger partial charge in [0.25, 0.3) is 0 Å². The van der Waals surface area contributed by atoms with Crippen LogP contribution in [-0.2, 0) is 11.3 Å².